The van der Waals surface area contributed by atoms with E-state index in [9.17, 15) is 19.7 Å². The number of thiocarbonyl (C=S) groups is 1. The van der Waals surface area contributed by atoms with E-state index in [0.717, 1.165) is 5.56 Å². The van der Waals surface area contributed by atoms with E-state index in [1.807, 2.05) is 12.1 Å². The lowest BCUT2D eigenvalue weighted by atomic mass is 10.0. The van der Waals surface area contributed by atoms with Crippen LogP contribution >= 0.6 is 12.2 Å². The van der Waals surface area contributed by atoms with E-state index in [-0.39, 0.29) is 27.9 Å². The van der Waals surface area contributed by atoms with Crippen LogP contribution in [0.1, 0.15) is 31.1 Å². The number of anilines is 1. The summed E-state index contributed by atoms with van der Waals surface area (Å²) in [5.74, 6) is -0.0556. The average Bonchev–Trinajstić information content (AvgIpc) is 3.30. The first-order valence-electron chi connectivity index (χ1n) is 10.6. The molecule has 1 aliphatic rings. The molecule has 2 amide bonds. The van der Waals surface area contributed by atoms with Crippen LogP contribution in [-0.4, -0.2) is 29.0 Å². The van der Waals surface area contributed by atoms with Gasteiger partial charge in [-0.15, -0.1) is 0 Å². The minimum atomic E-state index is -0.638. The van der Waals surface area contributed by atoms with E-state index in [0.29, 0.717) is 22.9 Å². The Bertz CT molecular complexity index is 1370. The summed E-state index contributed by atoms with van der Waals surface area (Å²) in [6.07, 6.45) is 1.33. The van der Waals surface area contributed by atoms with E-state index in [4.69, 9.17) is 21.4 Å². The standard InChI is InChI=1S/C25H21N3O6S/c1-14(2)15-4-6-16(7-5-15)27-24(30)20(23(29)26-25(27)35)13-18-9-11-21(34-18)19-10-8-17(28(31)32)12-22(19)33-3/h4-14H,1-3H3,(H,26,29,35)/b20-13+. The van der Waals surface area contributed by atoms with Crippen molar-refractivity contribution < 1.29 is 23.7 Å². The lowest BCUT2D eigenvalue weighted by Crippen LogP contribution is -2.54. The second kappa shape index (κ2) is 9.51. The van der Waals surface area contributed by atoms with Crippen molar-refractivity contribution in [3.05, 3.63) is 81.6 Å². The second-order valence-corrected chi connectivity index (χ2v) is 8.43. The maximum absolute atomic E-state index is 13.2. The van der Waals surface area contributed by atoms with Gasteiger partial charge in [-0.3, -0.25) is 29.9 Å². The molecule has 4 rings (SSSR count). The molecule has 1 aromatic heterocycles. The number of carbonyl (C=O) groups excluding carboxylic acids is 2. The second-order valence-electron chi connectivity index (χ2n) is 8.05. The monoisotopic (exact) mass is 491 g/mol. The maximum Gasteiger partial charge on any atom is 0.273 e. The number of carbonyl (C=O) groups is 2. The topological polar surface area (TPSA) is 115 Å². The van der Waals surface area contributed by atoms with Gasteiger partial charge >= 0.3 is 0 Å². The fourth-order valence-electron chi connectivity index (χ4n) is 3.61. The summed E-state index contributed by atoms with van der Waals surface area (Å²) in [4.78, 5) is 37.6. The fourth-order valence-corrected chi connectivity index (χ4v) is 3.90. The highest BCUT2D eigenvalue weighted by atomic mass is 32.1. The predicted octanol–water partition coefficient (Wildman–Crippen LogP) is 4.82. The van der Waals surface area contributed by atoms with Gasteiger partial charge in [0.25, 0.3) is 17.5 Å². The molecule has 0 unspecified atom stereocenters. The molecule has 2 aromatic carbocycles. The Balaban J connectivity index is 1.66. The molecule has 35 heavy (non-hydrogen) atoms. The number of methoxy groups -OCH3 is 1. The van der Waals surface area contributed by atoms with Gasteiger partial charge in [0.2, 0.25) is 0 Å². The van der Waals surface area contributed by atoms with Gasteiger partial charge in [-0.25, -0.2) is 0 Å². The molecule has 0 saturated carbocycles. The molecule has 0 radical (unpaired) electrons. The number of ether oxygens (including phenoxy) is 1. The summed E-state index contributed by atoms with van der Waals surface area (Å²) in [7, 11) is 1.39. The molecule has 1 N–H and O–H groups in total. The van der Waals surface area contributed by atoms with Gasteiger partial charge in [0.1, 0.15) is 22.8 Å². The van der Waals surface area contributed by atoms with Crippen LogP contribution in [0.2, 0.25) is 0 Å². The first kappa shape index (κ1) is 23.8. The highest BCUT2D eigenvalue weighted by molar-refractivity contribution is 7.80. The number of benzene rings is 2. The molecular formula is C25H21N3O6S. The largest absolute Gasteiger partial charge is 0.496 e. The number of hydrogen-bond donors (Lipinski definition) is 1. The number of nitro groups is 1. The van der Waals surface area contributed by atoms with Crippen LogP contribution in [0.4, 0.5) is 11.4 Å². The number of hydrogen-bond acceptors (Lipinski definition) is 7. The van der Waals surface area contributed by atoms with Gasteiger partial charge < -0.3 is 9.15 Å². The normalized spacial score (nSPS) is 15.0. The molecular weight excluding hydrogens is 470 g/mol. The molecule has 0 spiro atoms. The highest BCUT2D eigenvalue weighted by Crippen LogP contribution is 2.35. The van der Waals surface area contributed by atoms with Gasteiger partial charge in [-0.1, -0.05) is 26.0 Å². The Hall–Kier alpha value is -4.31. The molecule has 0 atom stereocenters. The lowest BCUT2D eigenvalue weighted by Gasteiger charge is -2.29. The van der Waals surface area contributed by atoms with Crippen molar-refractivity contribution in [2.24, 2.45) is 0 Å². The Kier molecular flexibility index (Phi) is 6.48. The molecule has 0 aliphatic carbocycles. The van der Waals surface area contributed by atoms with Crippen molar-refractivity contribution >= 4 is 46.6 Å². The first-order valence-corrected chi connectivity index (χ1v) is 11.0. The van der Waals surface area contributed by atoms with Crippen LogP contribution in [-0.2, 0) is 9.59 Å². The number of rotatable bonds is 6. The Morgan fingerprint density at radius 1 is 1.11 bits per heavy atom. The summed E-state index contributed by atoms with van der Waals surface area (Å²) in [6.45, 7) is 4.13. The Morgan fingerprint density at radius 2 is 1.83 bits per heavy atom. The van der Waals surface area contributed by atoms with Crippen molar-refractivity contribution in [3.8, 4) is 17.1 Å². The summed E-state index contributed by atoms with van der Waals surface area (Å²) in [6, 6.07) is 14.7. The highest BCUT2D eigenvalue weighted by Gasteiger charge is 2.34. The minimum Gasteiger partial charge on any atom is -0.496 e. The number of nitrogens with zero attached hydrogens (tertiary/aromatic N) is 2. The molecule has 9 nitrogen and oxygen atoms in total. The smallest absolute Gasteiger partial charge is 0.273 e. The van der Waals surface area contributed by atoms with E-state index < -0.39 is 16.7 Å². The molecule has 1 fully saturated rings. The zero-order chi connectivity index (χ0) is 25.3. The molecule has 1 saturated heterocycles. The zero-order valence-corrected chi connectivity index (χ0v) is 19.9. The number of amides is 2. The van der Waals surface area contributed by atoms with Crippen molar-refractivity contribution in [1.82, 2.24) is 5.32 Å². The summed E-state index contributed by atoms with van der Waals surface area (Å²) in [5, 5.41) is 13.6. The SMILES string of the molecule is COc1cc([N+](=O)[O-])ccc1-c1ccc(/C=C2\C(=O)NC(=S)N(c3ccc(C(C)C)cc3)C2=O)o1. The zero-order valence-electron chi connectivity index (χ0n) is 19.1. The van der Waals surface area contributed by atoms with Crippen molar-refractivity contribution in [2.75, 3.05) is 12.0 Å². The van der Waals surface area contributed by atoms with Crippen LogP contribution in [0.3, 0.4) is 0 Å². The van der Waals surface area contributed by atoms with E-state index >= 15 is 0 Å². The number of nitro benzene ring substituents is 1. The number of non-ortho nitro benzene ring substituents is 1. The van der Waals surface area contributed by atoms with Crippen molar-refractivity contribution in [3.63, 3.8) is 0 Å². The lowest BCUT2D eigenvalue weighted by molar-refractivity contribution is -0.384. The quantitative estimate of drug-likeness (QED) is 0.173. The molecule has 3 aromatic rings. The van der Waals surface area contributed by atoms with Gasteiger partial charge in [0, 0.05) is 6.07 Å². The summed E-state index contributed by atoms with van der Waals surface area (Å²) >= 11 is 5.25. The molecule has 178 valence electrons. The molecule has 10 heteroatoms. The van der Waals surface area contributed by atoms with E-state index in [1.54, 1.807) is 24.3 Å². The number of nitrogens with one attached hydrogen (secondary N) is 1. The van der Waals surface area contributed by atoms with Crippen LogP contribution < -0.4 is 15.0 Å². The maximum atomic E-state index is 13.2. The molecule has 1 aliphatic heterocycles. The van der Waals surface area contributed by atoms with Gasteiger partial charge in [-0.05, 0) is 60.1 Å². The van der Waals surface area contributed by atoms with Crippen LogP contribution in [0.25, 0.3) is 17.4 Å². The third-order valence-corrected chi connectivity index (χ3v) is 5.78. The average molecular weight is 492 g/mol. The van der Waals surface area contributed by atoms with Gasteiger partial charge in [0.05, 0.1) is 29.4 Å². The Morgan fingerprint density at radius 3 is 2.46 bits per heavy atom. The van der Waals surface area contributed by atoms with Gasteiger partial charge in [-0.2, -0.15) is 0 Å². The molecule has 2 heterocycles. The van der Waals surface area contributed by atoms with Crippen molar-refractivity contribution in [1.29, 1.82) is 0 Å². The fraction of sp³-hybridized carbons (Fsp3) is 0.160. The number of furan rings is 1. The van der Waals surface area contributed by atoms with E-state index in [2.05, 4.69) is 19.2 Å². The van der Waals surface area contributed by atoms with Crippen LogP contribution in [0, 0.1) is 10.1 Å². The molecule has 0 bridgehead atoms. The van der Waals surface area contributed by atoms with Gasteiger partial charge in [0.15, 0.2) is 5.11 Å². The Labute approximate surface area is 206 Å². The first-order chi connectivity index (χ1) is 16.7. The summed E-state index contributed by atoms with van der Waals surface area (Å²) < 4.78 is 11.1. The van der Waals surface area contributed by atoms with Crippen LogP contribution in [0.15, 0.2) is 64.6 Å². The minimum absolute atomic E-state index is 0.00908. The predicted molar refractivity (Wildman–Crippen MR) is 134 cm³/mol. The third-order valence-electron chi connectivity index (χ3n) is 5.49. The van der Waals surface area contributed by atoms with E-state index in [1.165, 1.54) is 36.3 Å². The van der Waals surface area contributed by atoms with Crippen molar-refractivity contribution in [2.45, 2.75) is 19.8 Å². The third kappa shape index (κ3) is 4.69. The van der Waals surface area contributed by atoms with Crippen LogP contribution in [0.5, 0.6) is 5.75 Å². The summed E-state index contributed by atoms with van der Waals surface area (Å²) in [5.41, 5.74) is 1.85.